The zero-order chi connectivity index (χ0) is 25.4. The molecule has 0 unspecified atom stereocenters. The van der Waals surface area contributed by atoms with Crippen molar-refractivity contribution in [1.82, 2.24) is 0 Å². The summed E-state index contributed by atoms with van der Waals surface area (Å²) in [4.78, 5) is 28.2. The van der Waals surface area contributed by atoms with Gasteiger partial charge in [0, 0.05) is 22.3 Å². The maximum Gasteiger partial charge on any atom is 0.195 e. The summed E-state index contributed by atoms with van der Waals surface area (Å²) < 4.78 is 0. The Morgan fingerprint density at radius 1 is 0.444 bits per heavy atom. The second kappa shape index (κ2) is 9.70. The van der Waals surface area contributed by atoms with Gasteiger partial charge in [-0.05, 0) is 70.2 Å². The van der Waals surface area contributed by atoms with Crippen LogP contribution < -0.4 is 0 Å². The normalized spacial score (nSPS) is 12.4. The van der Waals surface area contributed by atoms with E-state index in [0.717, 1.165) is 47.9 Å². The van der Waals surface area contributed by atoms with Gasteiger partial charge < -0.3 is 0 Å². The number of hydrogen-bond donors (Lipinski definition) is 0. The first-order valence-electron chi connectivity index (χ1n) is 13.1. The Labute approximate surface area is 214 Å². The molecule has 180 valence electrons. The fourth-order valence-corrected chi connectivity index (χ4v) is 5.48. The Kier molecular flexibility index (Phi) is 6.45. The number of carbonyl (C=O) groups excluding carboxylic acids is 2. The number of fused-ring (bicyclic) bond motifs is 2. The van der Waals surface area contributed by atoms with Gasteiger partial charge in [0.1, 0.15) is 0 Å². The third kappa shape index (κ3) is 3.82. The molecule has 1 aliphatic carbocycles. The van der Waals surface area contributed by atoms with E-state index >= 15 is 0 Å². The van der Waals surface area contributed by atoms with Crippen molar-refractivity contribution in [3.63, 3.8) is 0 Å². The van der Waals surface area contributed by atoms with Crippen LogP contribution in [0.1, 0.15) is 81.8 Å². The second-order valence-electron chi connectivity index (χ2n) is 9.51. The van der Waals surface area contributed by atoms with Gasteiger partial charge in [-0.15, -0.1) is 0 Å². The summed E-state index contributed by atoms with van der Waals surface area (Å²) in [6.45, 7) is 8.55. The maximum atomic E-state index is 14.1. The number of carbonyl (C=O) groups is 2. The molecule has 36 heavy (non-hydrogen) atoms. The third-order valence-electron chi connectivity index (χ3n) is 7.58. The highest BCUT2D eigenvalue weighted by atomic mass is 16.1. The van der Waals surface area contributed by atoms with Gasteiger partial charge >= 0.3 is 0 Å². The summed E-state index contributed by atoms with van der Waals surface area (Å²) in [5.74, 6) is -0.128. The third-order valence-corrected chi connectivity index (χ3v) is 7.58. The van der Waals surface area contributed by atoms with Gasteiger partial charge in [0.15, 0.2) is 11.6 Å². The van der Waals surface area contributed by atoms with Crippen molar-refractivity contribution in [3.05, 3.63) is 117 Å². The average Bonchev–Trinajstić information content (AvgIpc) is 2.94. The smallest absolute Gasteiger partial charge is 0.195 e. The van der Waals surface area contributed by atoms with Crippen LogP contribution in [0.2, 0.25) is 0 Å². The van der Waals surface area contributed by atoms with Crippen molar-refractivity contribution in [2.24, 2.45) is 0 Å². The quantitative estimate of drug-likeness (QED) is 0.250. The number of benzene rings is 4. The fraction of sp³-hybridized carbons (Fsp3) is 0.235. The molecule has 0 N–H and O–H groups in total. The standard InChI is InChI=1S/C34H32O2/c1-5-21-13-15-23(7-3)29(19-21)25-17-18-26(30-20-22(6-2)14-16-24(30)8-4)32-31(25)33(35)27-11-9-10-12-28(27)34(32)36/h9-20H,5-8H2,1-4H3. The number of ketones is 2. The van der Waals surface area contributed by atoms with Gasteiger partial charge in [-0.2, -0.15) is 0 Å². The zero-order valence-corrected chi connectivity index (χ0v) is 21.6. The lowest BCUT2D eigenvalue weighted by molar-refractivity contribution is 0.0980. The van der Waals surface area contributed by atoms with Gasteiger partial charge in [0.25, 0.3) is 0 Å². The Morgan fingerprint density at radius 3 is 1.22 bits per heavy atom. The van der Waals surface area contributed by atoms with Crippen LogP contribution in [-0.4, -0.2) is 11.6 Å². The van der Waals surface area contributed by atoms with E-state index in [4.69, 9.17) is 0 Å². The topological polar surface area (TPSA) is 34.1 Å². The van der Waals surface area contributed by atoms with E-state index in [1.165, 1.54) is 22.3 Å². The highest BCUT2D eigenvalue weighted by Crippen LogP contribution is 2.42. The van der Waals surface area contributed by atoms with E-state index in [-0.39, 0.29) is 11.6 Å². The first-order chi connectivity index (χ1) is 17.5. The molecule has 0 fully saturated rings. The van der Waals surface area contributed by atoms with Crippen molar-refractivity contribution in [2.75, 3.05) is 0 Å². The van der Waals surface area contributed by atoms with Crippen molar-refractivity contribution in [3.8, 4) is 22.3 Å². The lowest BCUT2D eigenvalue weighted by Gasteiger charge is -2.25. The lowest BCUT2D eigenvalue weighted by atomic mass is 9.76. The highest BCUT2D eigenvalue weighted by molar-refractivity contribution is 6.32. The Bertz CT molecular complexity index is 1390. The molecular formula is C34H32O2. The molecule has 0 atom stereocenters. The molecular weight excluding hydrogens is 440 g/mol. The molecule has 1 aliphatic rings. The minimum atomic E-state index is -0.0642. The summed E-state index contributed by atoms with van der Waals surface area (Å²) in [6.07, 6.45) is 3.54. The minimum absolute atomic E-state index is 0.0642. The molecule has 0 bridgehead atoms. The molecule has 2 nitrogen and oxygen atoms in total. The average molecular weight is 473 g/mol. The maximum absolute atomic E-state index is 14.1. The molecule has 0 aromatic heterocycles. The molecule has 4 aromatic rings. The van der Waals surface area contributed by atoms with Crippen LogP contribution in [0.25, 0.3) is 22.3 Å². The number of rotatable bonds is 6. The fourth-order valence-electron chi connectivity index (χ4n) is 5.48. The minimum Gasteiger partial charge on any atom is -0.289 e. The molecule has 2 heteroatoms. The predicted molar refractivity (Wildman–Crippen MR) is 148 cm³/mol. The van der Waals surface area contributed by atoms with Gasteiger partial charge in [0.2, 0.25) is 0 Å². The van der Waals surface area contributed by atoms with Crippen LogP contribution in [0.4, 0.5) is 0 Å². The zero-order valence-electron chi connectivity index (χ0n) is 21.6. The predicted octanol–water partition coefficient (Wildman–Crippen LogP) is 8.05. The molecule has 0 radical (unpaired) electrons. The Morgan fingerprint density at radius 2 is 0.861 bits per heavy atom. The summed E-state index contributed by atoms with van der Waals surface area (Å²) in [5.41, 5.74) is 10.7. The highest BCUT2D eigenvalue weighted by Gasteiger charge is 2.34. The molecule has 5 rings (SSSR count). The first kappa shape index (κ1) is 23.9. The monoisotopic (exact) mass is 472 g/mol. The SMILES string of the molecule is CCc1ccc(CC)c(-c2ccc(-c3cc(CC)ccc3CC)c3c2C(=O)c2ccccc2C3=O)c1. The van der Waals surface area contributed by atoms with Crippen LogP contribution in [0.5, 0.6) is 0 Å². The van der Waals surface area contributed by atoms with Crippen molar-refractivity contribution in [1.29, 1.82) is 0 Å². The van der Waals surface area contributed by atoms with E-state index in [0.29, 0.717) is 22.3 Å². The van der Waals surface area contributed by atoms with Crippen LogP contribution >= 0.6 is 0 Å². The van der Waals surface area contributed by atoms with Gasteiger partial charge in [0.05, 0.1) is 0 Å². The van der Waals surface area contributed by atoms with E-state index in [1.54, 1.807) is 12.1 Å². The van der Waals surface area contributed by atoms with Crippen molar-refractivity contribution in [2.45, 2.75) is 53.4 Å². The van der Waals surface area contributed by atoms with Crippen LogP contribution in [0.15, 0.2) is 72.8 Å². The van der Waals surface area contributed by atoms with Crippen LogP contribution in [0, 0.1) is 0 Å². The largest absolute Gasteiger partial charge is 0.289 e. The number of aryl methyl sites for hydroxylation is 4. The molecule has 0 heterocycles. The van der Waals surface area contributed by atoms with E-state index in [1.807, 2.05) is 12.1 Å². The summed E-state index contributed by atoms with van der Waals surface area (Å²) in [6, 6.07) is 24.4. The molecule has 0 amide bonds. The Balaban J connectivity index is 1.88. The molecule has 0 saturated heterocycles. The van der Waals surface area contributed by atoms with Crippen molar-refractivity contribution >= 4 is 11.6 Å². The van der Waals surface area contributed by atoms with Gasteiger partial charge in [-0.25, -0.2) is 0 Å². The van der Waals surface area contributed by atoms with E-state index in [9.17, 15) is 9.59 Å². The van der Waals surface area contributed by atoms with Crippen molar-refractivity contribution < 1.29 is 9.59 Å². The van der Waals surface area contributed by atoms with Crippen LogP contribution in [0.3, 0.4) is 0 Å². The van der Waals surface area contributed by atoms with Gasteiger partial charge in [-0.3, -0.25) is 9.59 Å². The summed E-state index contributed by atoms with van der Waals surface area (Å²) in [5, 5.41) is 0. The molecule has 0 spiro atoms. The van der Waals surface area contributed by atoms with E-state index < -0.39 is 0 Å². The first-order valence-corrected chi connectivity index (χ1v) is 13.1. The lowest BCUT2D eigenvalue weighted by Crippen LogP contribution is -2.23. The molecule has 4 aromatic carbocycles. The Hall–Kier alpha value is -3.78. The summed E-state index contributed by atoms with van der Waals surface area (Å²) >= 11 is 0. The van der Waals surface area contributed by atoms with Crippen LogP contribution in [-0.2, 0) is 25.7 Å². The summed E-state index contributed by atoms with van der Waals surface area (Å²) in [7, 11) is 0. The van der Waals surface area contributed by atoms with Gasteiger partial charge in [-0.1, -0.05) is 100 Å². The second-order valence-corrected chi connectivity index (χ2v) is 9.51. The van der Waals surface area contributed by atoms with E-state index in [2.05, 4.69) is 76.2 Å². The number of hydrogen-bond acceptors (Lipinski definition) is 2. The molecule has 0 aliphatic heterocycles. The molecule has 0 saturated carbocycles.